The van der Waals surface area contributed by atoms with Crippen molar-refractivity contribution in [3.05, 3.63) is 47.0 Å². The Labute approximate surface area is 141 Å². The van der Waals surface area contributed by atoms with E-state index in [0.29, 0.717) is 0 Å². The number of sulfone groups is 1. The summed E-state index contributed by atoms with van der Waals surface area (Å²) in [6.07, 6.45) is -3.54. The van der Waals surface area contributed by atoms with Crippen LogP contribution in [0.25, 0.3) is 0 Å². The maximum absolute atomic E-state index is 12.8. The molecule has 0 spiro atoms. The lowest BCUT2D eigenvalue weighted by Crippen LogP contribution is -2.05. The molecular weight excluding hydrogens is 369 g/mol. The topological polar surface area (TPSA) is 52.6 Å². The fourth-order valence-corrected chi connectivity index (χ4v) is 2.78. The van der Waals surface area contributed by atoms with Gasteiger partial charge in [0.25, 0.3) is 0 Å². The van der Waals surface area contributed by atoms with Crippen LogP contribution in [0.4, 0.5) is 13.2 Å². The van der Waals surface area contributed by atoms with Crippen molar-refractivity contribution in [3.8, 4) is 17.2 Å². The molecule has 0 aliphatic carbocycles. The quantitative estimate of drug-likeness (QED) is 0.780. The molecule has 2 aromatic carbocycles. The van der Waals surface area contributed by atoms with E-state index in [0.717, 1.165) is 30.5 Å². The van der Waals surface area contributed by atoms with Gasteiger partial charge >= 0.3 is 6.18 Å². The number of hydrogen-bond donors (Lipinski definition) is 0. The van der Waals surface area contributed by atoms with Crippen molar-refractivity contribution in [2.24, 2.45) is 0 Å². The predicted octanol–water partition coefficient (Wildman–Crippen LogP) is 4.56. The van der Waals surface area contributed by atoms with Crippen LogP contribution < -0.4 is 9.47 Å². The van der Waals surface area contributed by atoms with Crippen LogP contribution in [0, 0.1) is 0 Å². The molecule has 0 radical (unpaired) electrons. The Balaban J connectivity index is 2.44. The van der Waals surface area contributed by atoms with Gasteiger partial charge in [-0.25, -0.2) is 8.42 Å². The first-order chi connectivity index (χ1) is 11.0. The number of halogens is 4. The van der Waals surface area contributed by atoms with Crippen LogP contribution in [0.3, 0.4) is 0 Å². The monoisotopic (exact) mass is 380 g/mol. The summed E-state index contributed by atoms with van der Waals surface area (Å²) in [5.74, 6) is -0.116. The average molecular weight is 381 g/mol. The molecule has 0 N–H and O–H groups in total. The van der Waals surface area contributed by atoms with Crippen molar-refractivity contribution >= 4 is 21.4 Å². The lowest BCUT2D eigenvalue weighted by molar-refractivity contribution is -0.137. The lowest BCUT2D eigenvalue weighted by atomic mass is 10.2. The smallest absolute Gasteiger partial charge is 0.416 e. The van der Waals surface area contributed by atoms with Gasteiger partial charge in [0.1, 0.15) is 5.75 Å². The van der Waals surface area contributed by atoms with E-state index in [1.807, 2.05) is 0 Å². The predicted molar refractivity (Wildman–Crippen MR) is 82.6 cm³/mol. The number of alkyl halides is 3. The second-order valence-corrected chi connectivity index (χ2v) is 7.25. The van der Waals surface area contributed by atoms with Gasteiger partial charge in [-0.2, -0.15) is 13.2 Å². The van der Waals surface area contributed by atoms with Gasteiger partial charge in [0.05, 0.1) is 22.6 Å². The second-order valence-electron chi connectivity index (χ2n) is 4.83. The Kier molecular flexibility index (Phi) is 5.00. The van der Waals surface area contributed by atoms with Crippen LogP contribution in [0.15, 0.2) is 41.3 Å². The third-order valence-corrected chi connectivity index (χ3v) is 4.45. The van der Waals surface area contributed by atoms with Crippen molar-refractivity contribution in [1.82, 2.24) is 0 Å². The second kappa shape index (κ2) is 6.52. The van der Waals surface area contributed by atoms with Crippen LogP contribution in [-0.2, 0) is 16.0 Å². The Morgan fingerprint density at radius 2 is 1.62 bits per heavy atom. The van der Waals surface area contributed by atoms with E-state index in [4.69, 9.17) is 21.1 Å². The molecule has 0 amide bonds. The molecule has 2 rings (SSSR count). The summed E-state index contributed by atoms with van der Waals surface area (Å²) >= 11 is 5.96. The minimum atomic E-state index is -4.55. The Hall–Kier alpha value is -1.93. The molecule has 0 unspecified atom stereocenters. The van der Waals surface area contributed by atoms with E-state index < -0.39 is 21.6 Å². The molecule has 0 saturated heterocycles. The highest BCUT2D eigenvalue weighted by Gasteiger charge is 2.31. The summed E-state index contributed by atoms with van der Waals surface area (Å²) in [7, 11) is -2.19. The van der Waals surface area contributed by atoms with Gasteiger partial charge in [-0.05, 0) is 36.4 Å². The Morgan fingerprint density at radius 1 is 1.00 bits per heavy atom. The first kappa shape index (κ1) is 18.4. The molecule has 0 bridgehead atoms. The zero-order valence-corrected chi connectivity index (χ0v) is 14.1. The van der Waals surface area contributed by atoms with Gasteiger partial charge in [-0.1, -0.05) is 11.6 Å². The van der Waals surface area contributed by atoms with E-state index in [1.54, 1.807) is 0 Å². The highest BCUT2D eigenvalue weighted by molar-refractivity contribution is 7.90. The summed E-state index contributed by atoms with van der Waals surface area (Å²) in [4.78, 5) is -0.0316. The maximum Gasteiger partial charge on any atom is 0.416 e. The first-order valence-electron chi connectivity index (χ1n) is 6.45. The molecule has 4 nitrogen and oxygen atoms in total. The molecular formula is C15H12ClF3O4S. The summed E-state index contributed by atoms with van der Waals surface area (Å²) in [6.45, 7) is 0. The number of rotatable bonds is 4. The molecule has 0 atom stereocenters. The standard InChI is InChI=1S/C15H12ClF3O4S/c1-22-13-5-3-9(15(17,18)19)7-14(13)23-12-6-4-10(8-11(12)16)24(2,20)21/h3-8H,1-2H3. The number of ether oxygens (including phenoxy) is 2. The SMILES string of the molecule is COc1ccc(C(F)(F)F)cc1Oc1ccc(S(C)(=O)=O)cc1Cl. The fourth-order valence-electron chi connectivity index (χ4n) is 1.85. The molecule has 2 aromatic rings. The van der Waals surface area contributed by atoms with Crippen LogP contribution in [-0.4, -0.2) is 21.8 Å². The van der Waals surface area contributed by atoms with E-state index in [9.17, 15) is 21.6 Å². The van der Waals surface area contributed by atoms with Crippen LogP contribution in [0.1, 0.15) is 5.56 Å². The summed E-state index contributed by atoms with van der Waals surface area (Å²) in [5.41, 5.74) is -0.915. The van der Waals surface area contributed by atoms with Crippen LogP contribution >= 0.6 is 11.6 Å². The Bertz CT molecular complexity index is 864. The van der Waals surface area contributed by atoms with Gasteiger partial charge < -0.3 is 9.47 Å². The van der Waals surface area contributed by atoms with Crippen LogP contribution in [0.2, 0.25) is 5.02 Å². The van der Waals surface area contributed by atoms with Gasteiger partial charge in [-0.3, -0.25) is 0 Å². The molecule has 9 heteroatoms. The third-order valence-electron chi connectivity index (χ3n) is 3.04. The Morgan fingerprint density at radius 3 is 2.12 bits per heavy atom. The van der Waals surface area contributed by atoms with Crippen molar-refractivity contribution in [1.29, 1.82) is 0 Å². The van der Waals surface area contributed by atoms with Crippen molar-refractivity contribution in [2.75, 3.05) is 13.4 Å². The minimum Gasteiger partial charge on any atom is -0.493 e. The molecule has 130 valence electrons. The molecule has 0 aliphatic rings. The number of hydrogen-bond acceptors (Lipinski definition) is 4. The third kappa shape index (κ3) is 4.12. The van der Waals surface area contributed by atoms with E-state index in [1.165, 1.54) is 19.2 Å². The first-order valence-corrected chi connectivity index (χ1v) is 8.72. The summed E-state index contributed by atoms with van der Waals surface area (Å²) in [6, 6.07) is 6.43. The van der Waals surface area contributed by atoms with E-state index >= 15 is 0 Å². The zero-order chi connectivity index (χ0) is 18.1. The molecule has 0 fully saturated rings. The molecule has 0 aromatic heterocycles. The molecule has 0 saturated carbocycles. The van der Waals surface area contributed by atoms with Crippen molar-refractivity contribution < 1.29 is 31.1 Å². The van der Waals surface area contributed by atoms with Gasteiger partial charge in [0, 0.05) is 6.26 Å². The fraction of sp³-hybridized carbons (Fsp3) is 0.200. The van der Waals surface area contributed by atoms with E-state index in [2.05, 4.69) is 0 Å². The maximum atomic E-state index is 12.8. The van der Waals surface area contributed by atoms with Gasteiger partial charge in [-0.15, -0.1) is 0 Å². The molecule has 0 heterocycles. The number of benzene rings is 2. The highest BCUT2D eigenvalue weighted by atomic mass is 35.5. The largest absolute Gasteiger partial charge is 0.493 e. The van der Waals surface area contributed by atoms with Crippen molar-refractivity contribution in [2.45, 2.75) is 11.1 Å². The zero-order valence-electron chi connectivity index (χ0n) is 12.5. The normalized spacial score (nSPS) is 12.1. The lowest BCUT2D eigenvalue weighted by Gasteiger charge is -2.14. The van der Waals surface area contributed by atoms with Gasteiger partial charge in [0.15, 0.2) is 21.3 Å². The molecule has 0 aliphatic heterocycles. The van der Waals surface area contributed by atoms with E-state index in [-0.39, 0.29) is 27.2 Å². The molecule has 24 heavy (non-hydrogen) atoms. The van der Waals surface area contributed by atoms with Crippen molar-refractivity contribution in [3.63, 3.8) is 0 Å². The summed E-state index contributed by atoms with van der Waals surface area (Å²) in [5, 5.41) is -0.0580. The average Bonchev–Trinajstić information content (AvgIpc) is 2.47. The summed E-state index contributed by atoms with van der Waals surface area (Å²) < 4.78 is 71.7. The van der Waals surface area contributed by atoms with Crippen LogP contribution in [0.5, 0.6) is 17.2 Å². The highest BCUT2D eigenvalue weighted by Crippen LogP contribution is 2.40. The van der Waals surface area contributed by atoms with Gasteiger partial charge in [0.2, 0.25) is 0 Å². The number of methoxy groups -OCH3 is 1. The minimum absolute atomic E-state index is 0.00157.